The molecule has 1 aliphatic heterocycles. The third kappa shape index (κ3) is 4.14. The first-order chi connectivity index (χ1) is 12.3. The van der Waals surface area contributed by atoms with Crippen molar-refractivity contribution in [2.45, 2.75) is 38.4 Å². The number of hydrogen-bond donors (Lipinski definition) is 1. The number of aromatic nitrogens is 2. The van der Waals surface area contributed by atoms with Gasteiger partial charge in [0.15, 0.2) is 5.76 Å². The zero-order valence-corrected chi connectivity index (χ0v) is 14.2. The molecule has 3 rings (SSSR count). The number of alkyl halides is 3. The Hall–Kier alpha value is -2.58. The summed E-state index contributed by atoms with van der Waals surface area (Å²) in [6, 6.07) is 3.23. The van der Waals surface area contributed by atoms with E-state index in [1.807, 2.05) is 0 Å². The van der Waals surface area contributed by atoms with Gasteiger partial charge in [-0.05, 0) is 38.3 Å². The summed E-state index contributed by atoms with van der Waals surface area (Å²) in [6.07, 6.45) is -0.362. The number of pyridine rings is 1. The van der Waals surface area contributed by atoms with Gasteiger partial charge in [0.1, 0.15) is 11.4 Å². The molecule has 2 aromatic heterocycles. The van der Waals surface area contributed by atoms with Crippen LogP contribution in [0.2, 0.25) is 0 Å². The van der Waals surface area contributed by atoms with E-state index in [9.17, 15) is 18.0 Å². The average molecular weight is 368 g/mol. The molecular formula is C17H19F3N4O2. The van der Waals surface area contributed by atoms with Crippen molar-refractivity contribution in [1.82, 2.24) is 20.4 Å². The number of likely N-dealkylation sites (tertiary alicyclic amines) is 1. The number of nitrogens with zero attached hydrogens (tertiary/aromatic N) is 3. The lowest BCUT2D eigenvalue weighted by Crippen LogP contribution is -2.43. The van der Waals surface area contributed by atoms with Gasteiger partial charge in [0.05, 0.1) is 6.04 Å². The molecule has 140 valence electrons. The van der Waals surface area contributed by atoms with Crippen LogP contribution in [0.15, 0.2) is 28.9 Å². The highest BCUT2D eigenvalue weighted by Crippen LogP contribution is 2.30. The minimum absolute atomic E-state index is 0.182. The van der Waals surface area contributed by atoms with E-state index < -0.39 is 17.9 Å². The van der Waals surface area contributed by atoms with E-state index in [2.05, 4.69) is 15.5 Å². The monoisotopic (exact) mass is 368 g/mol. The third-order valence-corrected chi connectivity index (χ3v) is 4.28. The van der Waals surface area contributed by atoms with Crippen molar-refractivity contribution in [2.75, 3.05) is 13.1 Å². The van der Waals surface area contributed by atoms with Gasteiger partial charge in [-0.2, -0.15) is 13.2 Å². The Balaban J connectivity index is 1.70. The molecule has 9 heteroatoms. The van der Waals surface area contributed by atoms with E-state index in [4.69, 9.17) is 4.52 Å². The highest BCUT2D eigenvalue weighted by Gasteiger charge is 2.32. The van der Waals surface area contributed by atoms with E-state index in [1.165, 1.54) is 12.1 Å². The number of carbonyl (C=O) groups excluding carboxylic acids is 1. The van der Waals surface area contributed by atoms with Crippen molar-refractivity contribution in [3.05, 3.63) is 35.9 Å². The minimum Gasteiger partial charge on any atom is -0.359 e. The second-order valence-electron chi connectivity index (χ2n) is 6.26. The molecule has 1 saturated heterocycles. The fraction of sp³-hybridized carbons (Fsp3) is 0.471. The fourth-order valence-corrected chi connectivity index (χ4v) is 2.82. The van der Waals surface area contributed by atoms with Gasteiger partial charge in [0.2, 0.25) is 0 Å². The highest BCUT2D eigenvalue weighted by molar-refractivity contribution is 5.74. The lowest BCUT2D eigenvalue weighted by Gasteiger charge is -2.27. The van der Waals surface area contributed by atoms with Crippen LogP contribution in [-0.4, -0.2) is 34.2 Å². The van der Waals surface area contributed by atoms with E-state index in [-0.39, 0.29) is 17.3 Å². The Labute approximate surface area is 148 Å². The minimum atomic E-state index is -4.53. The van der Waals surface area contributed by atoms with Gasteiger partial charge >= 0.3 is 12.2 Å². The molecule has 1 aliphatic rings. The largest absolute Gasteiger partial charge is 0.433 e. The topological polar surface area (TPSA) is 71.3 Å². The number of hydrogen-bond acceptors (Lipinski definition) is 4. The first kappa shape index (κ1) is 18.2. The number of halogens is 3. The molecule has 3 heterocycles. The molecule has 1 N–H and O–H groups in total. The summed E-state index contributed by atoms with van der Waals surface area (Å²) in [6.45, 7) is 3.18. The van der Waals surface area contributed by atoms with Gasteiger partial charge in [-0.3, -0.25) is 4.98 Å². The lowest BCUT2D eigenvalue weighted by molar-refractivity contribution is -0.141. The Morgan fingerprint density at radius 3 is 2.69 bits per heavy atom. The number of nitrogens with one attached hydrogen (secondary N) is 1. The zero-order valence-electron chi connectivity index (χ0n) is 14.2. The summed E-state index contributed by atoms with van der Waals surface area (Å²) < 4.78 is 43.5. The van der Waals surface area contributed by atoms with Crippen LogP contribution < -0.4 is 5.32 Å². The van der Waals surface area contributed by atoms with Crippen LogP contribution in [0.5, 0.6) is 0 Å². The van der Waals surface area contributed by atoms with Crippen molar-refractivity contribution < 1.29 is 22.5 Å². The van der Waals surface area contributed by atoms with E-state index in [1.54, 1.807) is 11.8 Å². The van der Waals surface area contributed by atoms with Crippen LogP contribution in [0.3, 0.4) is 0 Å². The highest BCUT2D eigenvalue weighted by atomic mass is 19.4. The second kappa shape index (κ2) is 7.35. The van der Waals surface area contributed by atoms with Crippen molar-refractivity contribution in [3.63, 3.8) is 0 Å². The van der Waals surface area contributed by atoms with Crippen molar-refractivity contribution in [1.29, 1.82) is 0 Å². The van der Waals surface area contributed by atoms with Crippen LogP contribution in [0.1, 0.15) is 43.7 Å². The predicted molar refractivity (Wildman–Crippen MR) is 87.1 cm³/mol. The summed E-state index contributed by atoms with van der Waals surface area (Å²) in [5, 5.41) is 6.64. The summed E-state index contributed by atoms with van der Waals surface area (Å²) in [7, 11) is 0. The van der Waals surface area contributed by atoms with E-state index >= 15 is 0 Å². The molecule has 26 heavy (non-hydrogen) atoms. The Bertz CT molecular complexity index is 769. The van der Waals surface area contributed by atoms with Crippen LogP contribution in [0, 0.1) is 0 Å². The van der Waals surface area contributed by atoms with Gasteiger partial charge in [0.25, 0.3) is 0 Å². The Morgan fingerprint density at radius 1 is 1.27 bits per heavy atom. The summed E-state index contributed by atoms with van der Waals surface area (Å²) >= 11 is 0. The normalized spacial score (nSPS) is 16.4. The van der Waals surface area contributed by atoms with Gasteiger partial charge in [-0.15, -0.1) is 0 Å². The average Bonchev–Trinajstić information content (AvgIpc) is 3.12. The molecule has 0 aliphatic carbocycles. The molecule has 6 nitrogen and oxygen atoms in total. The number of piperidine rings is 1. The third-order valence-electron chi connectivity index (χ3n) is 4.28. The van der Waals surface area contributed by atoms with Gasteiger partial charge < -0.3 is 14.7 Å². The number of carbonyl (C=O) groups is 1. The van der Waals surface area contributed by atoms with Crippen molar-refractivity contribution in [3.8, 4) is 11.3 Å². The number of amides is 2. The van der Waals surface area contributed by atoms with Crippen LogP contribution in [-0.2, 0) is 6.18 Å². The van der Waals surface area contributed by atoms with Crippen LogP contribution >= 0.6 is 0 Å². The number of rotatable bonds is 3. The molecule has 1 fully saturated rings. The molecule has 0 saturated carbocycles. The maximum absolute atomic E-state index is 12.8. The first-order valence-electron chi connectivity index (χ1n) is 8.40. The van der Waals surface area contributed by atoms with E-state index in [0.717, 1.165) is 44.6 Å². The summed E-state index contributed by atoms with van der Waals surface area (Å²) in [5.74, 6) is 0.371. The van der Waals surface area contributed by atoms with Gasteiger partial charge in [-0.25, -0.2) is 4.79 Å². The first-order valence-corrected chi connectivity index (χ1v) is 8.40. The second-order valence-corrected chi connectivity index (χ2v) is 6.26. The van der Waals surface area contributed by atoms with E-state index in [0.29, 0.717) is 5.76 Å². The predicted octanol–water partition coefficient (Wildman–Crippen LogP) is 4.01. The zero-order chi connectivity index (χ0) is 18.7. The summed E-state index contributed by atoms with van der Waals surface area (Å²) in [4.78, 5) is 17.3. The van der Waals surface area contributed by atoms with Gasteiger partial charge in [0, 0.05) is 30.9 Å². The van der Waals surface area contributed by atoms with Crippen molar-refractivity contribution in [2.24, 2.45) is 0 Å². The molecule has 0 spiro atoms. The smallest absolute Gasteiger partial charge is 0.359 e. The lowest BCUT2D eigenvalue weighted by atomic mass is 10.1. The molecule has 2 amide bonds. The quantitative estimate of drug-likeness (QED) is 0.889. The number of urea groups is 1. The maximum atomic E-state index is 12.8. The molecule has 0 radical (unpaired) electrons. The molecule has 0 unspecified atom stereocenters. The molecule has 2 aromatic rings. The molecular weight excluding hydrogens is 349 g/mol. The van der Waals surface area contributed by atoms with Gasteiger partial charge in [-0.1, -0.05) is 5.16 Å². The van der Waals surface area contributed by atoms with Crippen LogP contribution in [0.4, 0.5) is 18.0 Å². The fourth-order valence-electron chi connectivity index (χ4n) is 2.82. The summed E-state index contributed by atoms with van der Waals surface area (Å²) in [5.41, 5.74) is -0.491. The Kier molecular flexibility index (Phi) is 5.15. The molecule has 1 atom stereocenters. The van der Waals surface area contributed by atoms with Crippen molar-refractivity contribution >= 4 is 6.03 Å². The molecule has 0 bridgehead atoms. The maximum Gasteiger partial charge on any atom is 0.433 e. The SMILES string of the molecule is C[C@@H](NC(=O)N1CCCCC1)c1cc(-c2ccnc(C(F)(F)F)c2)no1. The standard InChI is InChI=1S/C17H19F3N4O2/c1-11(22-16(25)24-7-3-2-4-8-24)14-10-13(23-26-14)12-5-6-21-15(9-12)17(18,19)20/h5-6,9-11H,2-4,7-8H2,1H3,(H,22,25)/t11-/m1/s1. The van der Waals surface area contributed by atoms with Crippen LogP contribution in [0.25, 0.3) is 11.3 Å². The molecule has 0 aromatic carbocycles. The Morgan fingerprint density at radius 2 is 2.00 bits per heavy atom.